The van der Waals surface area contributed by atoms with Crippen LogP contribution in [0.4, 0.5) is 0 Å². The predicted octanol–water partition coefficient (Wildman–Crippen LogP) is 4.84. The number of halogens is 1. The van der Waals surface area contributed by atoms with E-state index in [9.17, 15) is 4.79 Å². The van der Waals surface area contributed by atoms with Crippen molar-refractivity contribution in [2.75, 3.05) is 13.1 Å². The second kappa shape index (κ2) is 8.33. The lowest BCUT2D eigenvalue weighted by Gasteiger charge is -2.17. The molecular weight excluding hydrogens is 396 g/mol. The Morgan fingerprint density at radius 2 is 1.90 bits per heavy atom. The molecule has 1 fully saturated rings. The highest BCUT2D eigenvalue weighted by Gasteiger charge is 2.23. The topological polar surface area (TPSA) is 61.9 Å². The Balaban J connectivity index is 1.68. The fourth-order valence-corrected chi connectivity index (χ4v) is 4.29. The van der Waals surface area contributed by atoms with Gasteiger partial charge >= 0.3 is 0 Å². The number of nitriles is 1. The number of amides is 1. The first-order valence-corrected chi connectivity index (χ1v) is 10.5. The van der Waals surface area contributed by atoms with Crippen molar-refractivity contribution in [3.05, 3.63) is 81.1 Å². The van der Waals surface area contributed by atoms with Crippen molar-refractivity contribution >= 4 is 17.5 Å². The largest absolute Gasteiger partial charge is 0.339 e. The molecular formula is C24H23ClN4O. The second-order valence-corrected chi connectivity index (χ2v) is 8.08. The summed E-state index contributed by atoms with van der Waals surface area (Å²) in [5.41, 5.74) is 6.04. The Bertz CT molecular complexity index is 1150. The Hall–Kier alpha value is -3.10. The zero-order valence-corrected chi connectivity index (χ0v) is 17.9. The molecule has 6 heteroatoms. The third-order valence-electron chi connectivity index (χ3n) is 5.77. The zero-order chi connectivity index (χ0) is 21.3. The van der Waals surface area contributed by atoms with Crippen molar-refractivity contribution < 1.29 is 4.79 Å². The van der Waals surface area contributed by atoms with Gasteiger partial charge in [0.05, 0.1) is 22.0 Å². The maximum Gasteiger partial charge on any atom is 0.254 e. The fourth-order valence-electron chi connectivity index (χ4n) is 4.07. The number of nitrogens with zero attached hydrogens (tertiary/aromatic N) is 4. The van der Waals surface area contributed by atoms with E-state index in [2.05, 4.69) is 6.07 Å². The van der Waals surface area contributed by atoms with Gasteiger partial charge in [0, 0.05) is 36.3 Å². The average Bonchev–Trinajstić information content (AvgIpc) is 3.38. The molecule has 30 heavy (non-hydrogen) atoms. The second-order valence-electron chi connectivity index (χ2n) is 7.67. The molecule has 1 aliphatic rings. The van der Waals surface area contributed by atoms with Crippen molar-refractivity contribution in [1.29, 1.82) is 5.26 Å². The Morgan fingerprint density at radius 1 is 1.17 bits per heavy atom. The van der Waals surface area contributed by atoms with Gasteiger partial charge in [-0.3, -0.25) is 4.79 Å². The van der Waals surface area contributed by atoms with Gasteiger partial charge in [-0.15, -0.1) is 0 Å². The molecule has 5 nitrogen and oxygen atoms in total. The number of aryl methyl sites for hydroxylation is 1. The van der Waals surface area contributed by atoms with Crippen LogP contribution in [-0.4, -0.2) is 33.7 Å². The van der Waals surface area contributed by atoms with Crippen LogP contribution in [0.2, 0.25) is 5.02 Å². The molecule has 1 aromatic heterocycles. The van der Waals surface area contributed by atoms with Gasteiger partial charge in [-0.25, -0.2) is 4.68 Å². The summed E-state index contributed by atoms with van der Waals surface area (Å²) in [6, 6.07) is 15.2. The maximum absolute atomic E-state index is 13.0. The van der Waals surface area contributed by atoms with E-state index in [1.165, 1.54) is 0 Å². The highest BCUT2D eigenvalue weighted by atomic mass is 35.5. The first-order chi connectivity index (χ1) is 14.5. The molecule has 152 valence electrons. The molecule has 0 aliphatic carbocycles. The smallest absolute Gasteiger partial charge is 0.254 e. The summed E-state index contributed by atoms with van der Waals surface area (Å²) in [4.78, 5) is 15.0. The fraction of sp³-hybridized carbons (Fsp3) is 0.292. The molecule has 0 N–H and O–H groups in total. The Morgan fingerprint density at radius 3 is 2.60 bits per heavy atom. The van der Waals surface area contributed by atoms with Crippen LogP contribution in [-0.2, 0) is 6.42 Å². The van der Waals surface area contributed by atoms with E-state index in [1.54, 1.807) is 12.1 Å². The lowest BCUT2D eigenvalue weighted by molar-refractivity contribution is 0.0792. The van der Waals surface area contributed by atoms with E-state index in [1.807, 2.05) is 53.8 Å². The monoisotopic (exact) mass is 418 g/mol. The standard InChI is InChI=1S/C24H23ClN4O/c1-16-22(17(2)29(27-16)20-10-9-19(15-26)23(25)14-20)13-18-7-3-4-8-21(18)24(30)28-11-5-6-12-28/h3-4,7-10,14H,5-6,11-13H2,1-2H3. The number of hydrogen-bond acceptors (Lipinski definition) is 3. The first kappa shape index (κ1) is 20.2. The predicted molar refractivity (Wildman–Crippen MR) is 117 cm³/mol. The molecule has 0 spiro atoms. The molecule has 0 atom stereocenters. The van der Waals surface area contributed by atoms with Crippen LogP contribution in [0.3, 0.4) is 0 Å². The quantitative estimate of drug-likeness (QED) is 0.609. The minimum Gasteiger partial charge on any atom is -0.339 e. The van der Waals surface area contributed by atoms with E-state index in [0.717, 1.165) is 59.7 Å². The van der Waals surface area contributed by atoms with Gasteiger partial charge < -0.3 is 4.90 Å². The van der Waals surface area contributed by atoms with Gasteiger partial charge in [-0.05, 0) is 56.5 Å². The number of rotatable bonds is 4. The zero-order valence-electron chi connectivity index (χ0n) is 17.2. The van der Waals surface area contributed by atoms with Crippen LogP contribution in [0.25, 0.3) is 5.69 Å². The number of benzene rings is 2. The Kier molecular flexibility index (Phi) is 5.61. The molecule has 2 heterocycles. The number of aromatic nitrogens is 2. The average molecular weight is 419 g/mol. The van der Waals surface area contributed by atoms with E-state index >= 15 is 0 Å². The summed E-state index contributed by atoms with van der Waals surface area (Å²) >= 11 is 6.22. The molecule has 1 amide bonds. The van der Waals surface area contributed by atoms with Crippen molar-refractivity contribution in [2.45, 2.75) is 33.1 Å². The minimum atomic E-state index is 0.115. The van der Waals surface area contributed by atoms with Gasteiger partial charge in [-0.2, -0.15) is 10.4 Å². The summed E-state index contributed by atoms with van der Waals surface area (Å²) in [5, 5.41) is 14.2. The van der Waals surface area contributed by atoms with Gasteiger partial charge in [-0.1, -0.05) is 29.8 Å². The molecule has 1 aliphatic heterocycles. The number of carbonyl (C=O) groups excluding carboxylic acids is 1. The van der Waals surface area contributed by atoms with Crippen molar-refractivity contribution in [3.8, 4) is 11.8 Å². The highest BCUT2D eigenvalue weighted by molar-refractivity contribution is 6.31. The van der Waals surface area contributed by atoms with Crippen LogP contribution in [0.1, 0.15) is 51.3 Å². The normalized spacial score (nSPS) is 13.5. The van der Waals surface area contributed by atoms with E-state index in [4.69, 9.17) is 22.0 Å². The van der Waals surface area contributed by atoms with Gasteiger partial charge in [0.15, 0.2) is 0 Å². The molecule has 0 radical (unpaired) electrons. The Labute approximate surface area is 181 Å². The molecule has 2 aromatic carbocycles. The van der Waals surface area contributed by atoms with E-state index in [0.29, 0.717) is 17.0 Å². The van der Waals surface area contributed by atoms with Crippen molar-refractivity contribution in [2.24, 2.45) is 0 Å². The van der Waals surface area contributed by atoms with Gasteiger partial charge in [0.2, 0.25) is 0 Å². The van der Waals surface area contributed by atoms with Crippen LogP contribution in [0, 0.1) is 25.2 Å². The van der Waals surface area contributed by atoms with Crippen LogP contribution in [0.5, 0.6) is 0 Å². The van der Waals surface area contributed by atoms with E-state index in [-0.39, 0.29) is 5.91 Å². The van der Waals surface area contributed by atoms with Gasteiger partial charge in [0.25, 0.3) is 5.91 Å². The summed E-state index contributed by atoms with van der Waals surface area (Å²) in [7, 11) is 0. The molecule has 0 unspecified atom stereocenters. The minimum absolute atomic E-state index is 0.115. The maximum atomic E-state index is 13.0. The number of carbonyl (C=O) groups is 1. The number of likely N-dealkylation sites (tertiary alicyclic amines) is 1. The SMILES string of the molecule is Cc1nn(-c2ccc(C#N)c(Cl)c2)c(C)c1Cc1ccccc1C(=O)N1CCCC1. The lowest BCUT2D eigenvalue weighted by atomic mass is 9.98. The molecule has 1 saturated heterocycles. The molecule has 4 rings (SSSR count). The molecule has 3 aromatic rings. The molecule has 0 bridgehead atoms. The van der Waals surface area contributed by atoms with Gasteiger partial charge in [0.1, 0.15) is 6.07 Å². The summed E-state index contributed by atoms with van der Waals surface area (Å²) < 4.78 is 1.85. The summed E-state index contributed by atoms with van der Waals surface area (Å²) in [6.07, 6.45) is 2.79. The van der Waals surface area contributed by atoms with Crippen LogP contribution in [0.15, 0.2) is 42.5 Å². The molecule has 0 saturated carbocycles. The highest BCUT2D eigenvalue weighted by Crippen LogP contribution is 2.26. The number of hydrogen-bond donors (Lipinski definition) is 0. The lowest BCUT2D eigenvalue weighted by Crippen LogP contribution is -2.28. The van der Waals surface area contributed by atoms with Crippen LogP contribution < -0.4 is 0 Å². The third kappa shape index (κ3) is 3.71. The first-order valence-electron chi connectivity index (χ1n) is 10.1. The third-order valence-corrected chi connectivity index (χ3v) is 6.08. The summed E-state index contributed by atoms with van der Waals surface area (Å²) in [6.45, 7) is 5.67. The summed E-state index contributed by atoms with van der Waals surface area (Å²) in [5.74, 6) is 0.115. The van der Waals surface area contributed by atoms with Crippen molar-refractivity contribution in [1.82, 2.24) is 14.7 Å². The van der Waals surface area contributed by atoms with Crippen LogP contribution >= 0.6 is 11.6 Å². The van der Waals surface area contributed by atoms with E-state index < -0.39 is 0 Å². The van der Waals surface area contributed by atoms with Crippen molar-refractivity contribution in [3.63, 3.8) is 0 Å².